The van der Waals surface area contributed by atoms with Crippen LogP contribution in [0.2, 0.25) is 0 Å². The second kappa shape index (κ2) is 7.04. The summed E-state index contributed by atoms with van der Waals surface area (Å²) in [5.74, 6) is -0.981. The van der Waals surface area contributed by atoms with E-state index in [0.717, 1.165) is 11.1 Å². The van der Waals surface area contributed by atoms with Gasteiger partial charge >= 0.3 is 0 Å². The summed E-state index contributed by atoms with van der Waals surface area (Å²) in [7, 11) is 0. The van der Waals surface area contributed by atoms with Crippen molar-refractivity contribution in [2.45, 2.75) is 19.4 Å². The molecule has 2 heterocycles. The number of fused-ring (bicyclic) bond motifs is 1. The number of hydrogen-bond donors (Lipinski definition) is 3. The van der Waals surface area contributed by atoms with E-state index in [2.05, 4.69) is 15.8 Å². The van der Waals surface area contributed by atoms with Gasteiger partial charge in [-0.1, -0.05) is 24.3 Å². The Hall–Kier alpha value is -3.35. The number of aromatic nitrogens is 1. The number of H-pyrrole nitrogens is 1. The first-order chi connectivity index (χ1) is 12.1. The molecule has 0 unspecified atom stereocenters. The number of aromatic amines is 1. The van der Waals surface area contributed by atoms with E-state index in [9.17, 15) is 14.4 Å². The van der Waals surface area contributed by atoms with E-state index in [1.807, 2.05) is 30.3 Å². The first-order valence-electron chi connectivity index (χ1n) is 7.85. The average molecular weight is 338 g/mol. The Morgan fingerprint density at radius 1 is 1.12 bits per heavy atom. The number of benzene rings is 1. The van der Waals surface area contributed by atoms with Crippen molar-refractivity contribution in [1.82, 2.24) is 20.7 Å². The van der Waals surface area contributed by atoms with Crippen molar-refractivity contribution < 1.29 is 14.4 Å². The molecule has 1 aromatic carbocycles. The van der Waals surface area contributed by atoms with Crippen LogP contribution in [0.3, 0.4) is 0 Å². The number of carbonyl (C=O) groups excluding carboxylic acids is 3. The van der Waals surface area contributed by atoms with E-state index in [1.165, 1.54) is 11.8 Å². The van der Waals surface area contributed by atoms with Crippen LogP contribution in [0.5, 0.6) is 0 Å². The number of hydrazine groups is 1. The van der Waals surface area contributed by atoms with Crippen molar-refractivity contribution in [3.8, 4) is 0 Å². The highest BCUT2D eigenvalue weighted by Gasteiger charge is 2.28. The van der Waals surface area contributed by atoms with Crippen molar-refractivity contribution in [2.24, 2.45) is 0 Å². The molecule has 3 rings (SSSR count). The molecule has 0 aliphatic carbocycles. The van der Waals surface area contributed by atoms with Gasteiger partial charge in [-0.2, -0.15) is 0 Å². The van der Waals surface area contributed by atoms with E-state index < -0.39 is 11.9 Å². The third kappa shape index (κ3) is 3.60. The molecule has 0 fully saturated rings. The van der Waals surface area contributed by atoms with Gasteiger partial charge < -0.3 is 9.88 Å². The molecular formula is C18H18N4O3. The first kappa shape index (κ1) is 16.5. The number of hydrogen-bond acceptors (Lipinski definition) is 3. The molecule has 25 heavy (non-hydrogen) atoms. The van der Waals surface area contributed by atoms with E-state index in [-0.39, 0.29) is 18.2 Å². The molecule has 7 heteroatoms. The number of nitrogens with zero attached hydrogens (tertiary/aromatic N) is 1. The topological polar surface area (TPSA) is 94.3 Å². The third-order valence-electron chi connectivity index (χ3n) is 4.01. The summed E-state index contributed by atoms with van der Waals surface area (Å²) in [5, 5.41) is 0. The lowest BCUT2D eigenvalue weighted by Gasteiger charge is -2.32. The van der Waals surface area contributed by atoms with Crippen LogP contribution in [0, 0.1) is 0 Å². The standard InChI is InChI=1S/C18H18N4O3/c1-12(23)22-10-8-13-5-2-3-6-14(13)16(22)11-17(24)20-21-18(25)15-7-4-9-19-15/h2-10,16,19H,11H2,1H3,(H,20,24)(H,21,25)/t16-/m0/s1. The summed E-state index contributed by atoms with van der Waals surface area (Å²) in [4.78, 5) is 40.3. The second-order valence-corrected chi connectivity index (χ2v) is 5.68. The lowest BCUT2D eigenvalue weighted by molar-refractivity contribution is -0.130. The fourth-order valence-electron chi connectivity index (χ4n) is 2.81. The molecule has 7 nitrogen and oxygen atoms in total. The van der Waals surface area contributed by atoms with E-state index in [0.29, 0.717) is 5.69 Å². The highest BCUT2D eigenvalue weighted by Crippen LogP contribution is 2.32. The van der Waals surface area contributed by atoms with Gasteiger partial charge in [-0.25, -0.2) is 0 Å². The van der Waals surface area contributed by atoms with Gasteiger partial charge in [-0.3, -0.25) is 25.2 Å². The highest BCUT2D eigenvalue weighted by molar-refractivity contribution is 5.93. The summed E-state index contributed by atoms with van der Waals surface area (Å²) in [5.41, 5.74) is 6.94. The Bertz CT molecular complexity index is 827. The molecule has 2 aromatic rings. The monoisotopic (exact) mass is 338 g/mol. The summed E-state index contributed by atoms with van der Waals surface area (Å²) in [6.45, 7) is 1.45. The predicted molar refractivity (Wildman–Crippen MR) is 91.8 cm³/mol. The zero-order chi connectivity index (χ0) is 17.8. The zero-order valence-corrected chi connectivity index (χ0v) is 13.7. The van der Waals surface area contributed by atoms with Crippen LogP contribution >= 0.6 is 0 Å². The van der Waals surface area contributed by atoms with Crippen molar-refractivity contribution in [3.63, 3.8) is 0 Å². The fraction of sp³-hybridized carbons (Fsp3) is 0.167. The van der Waals surface area contributed by atoms with Gasteiger partial charge in [0.1, 0.15) is 5.69 Å². The van der Waals surface area contributed by atoms with Crippen molar-refractivity contribution in [1.29, 1.82) is 0 Å². The molecule has 0 spiro atoms. The Morgan fingerprint density at radius 2 is 1.92 bits per heavy atom. The van der Waals surface area contributed by atoms with Crippen LogP contribution in [0.4, 0.5) is 0 Å². The zero-order valence-electron chi connectivity index (χ0n) is 13.7. The van der Waals surface area contributed by atoms with Crippen LogP contribution < -0.4 is 10.9 Å². The van der Waals surface area contributed by atoms with Gasteiger partial charge in [0.05, 0.1) is 12.5 Å². The number of amides is 3. The average Bonchev–Trinajstić information content (AvgIpc) is 3.14. The molecule has 1 aliphatic rings. The van der Waals surface area contributed by atoms with Crippen molar-refractivity contribution in [2.75, 3.05) is 0 Å². The molecule has 0 saturated heterocycles. The van der Waals surface area contributed by atoms with E-state index in [1.54, 1.807) is 24.5 Å². The SMILES string of the molecule is CC(=O)N1C=Cc2ccccc2[C@@H]1CC(=O)NNC(=O)c1ccc[nH]1. The smallest absolute Gasteiger partial charge is 0.286 e. The normalized spacial score (nSPS) is 15.4. The maximum Gasteiger partial charge on any atom is 0.286 e. The molecule has 0 saturated carbocycles. The van der Waals surface area contributed by atoms with Crippen molar-refractivity contribution in [3.05, 3.63) is 65.6 Å². The molecule has 0 bridgehead atoms. The summed E-state index contributed by atoms with van der Waals surface area (Å²) < 4.78 is 0. The van der Waals surface area contributed by atoms with Crippen LogP contribution in [0.15, 0.2) is 48.8 Å². The summed E-state index contributed by atoms with van der Waals surface area (Å²) >= 11 is 0. The molecule has 128 valence electrons. The molecule has 1 aromatic heterocycles. The van der Waals surface area contributed by atoms with Crippen LogP contribution in [0.1, 0.15) is 41.0 Å². The second-order valence-electron chi connectivity index (χ2n) is 5.68. The van der Waals surface area contributed by atoms with E-state index >= 15 is 0 Å². The Morgan fingerprint density at radius 3 is 2.64 bits per heavy atom. The molecule has 1 atom stereocenters. The van der Waals surface area contributed by atoms with Crippen LogP contribution in [-0.4, -0.2) is 27.6 Å². The number of nitrogens with one attached hydrogen (secondary N) is 3. The van der Waals surface area contributed by atoms with Crippen molar-refractivity contribution >= 4 is 23.8 Å². The summed E-state index contributed by atoms with van der Waals surface area (Å²) in [6, 6.07) is 10.5. The molecule has 1 aliphatic heterocycles. The van der Waals surface area contributed by atoms with Crippen LogP contribution in [-0.2, 0) is 9.59 Å². The maximum atomic E-state index is 12.3. The minimum absolute atomic E-state index is 0.0337. The minimum Gasteiger partial charge on any atom is -0.357 e. The first-order valence-corrected chi connectivity index (χ1v) is 7.85. The maximum absolute atomic E-state index is 12.3. The Balaban J connectivity index is 1.69. The molecular weight excluding hydrogens is 320 g/mol. The highest BCUT2D eigenvalue weighted by atomic mass is 16.2. The quantitative estimate of drug-likeness (QED) is 0.744. The molecule has 0 radical (unpaired) electrons. The van der Waals surface area contributed by atoms with E-state index in [4.69, 9.17) is 0 Å². The largest absolute Gasteiger partial charge is 0.357 e. The van der Waals surface area contributed by atoms with Crippen LogP contribution in [0.25, 0.3) is 6.08 Å². The van der Waals surface area contributed by atoms with Gasteiger partial charge in [0.15, 0.2) is 0 Å². The fourth-order valence-corrected chi connectivity index (χ4v) is 2.81. The summed E-state index contributed by atoms with van der Waals surface area (Å²) in [6.07, 6.45) is 5.18. The van der Waals surface area contributed by atoms with Gasteiger partial charge in [0, 0.05) is 19.3 Å². The van der Waals surface area contributed by atoms with Gasteiger partial charge in [0.2, 0.25) is 11.8 Å². The molecule has 3 N–H and O–H groups in total. The Labute approximate surface area is 144 Å². The number of carbonyl (C=O) groups is 3. The molecule has 3 amide bonds. The van der Waals surface area contributed by atoms with Gasteiger partial charge in [0.25, 0.3) is 5.91 Å². The van der Waals surface area contributed by atoms with Gasteiger partial charge in [-0.05, 0) is 29.3 Å². The lowest BCUT2D eigenvalue weighted by atomic mass is 9.93. The third-order valence-corrected chi connectivity index (χ3v) is 4.01. The lowest BCUT2D eigenvalue weighted by Crippen LogP contribution is -2.43. The predicted octanol–water partition coefficient (Wildman–Crippen LogP) is 1.74. The Kier molecular flexibility index (Phi) is 4.65. The minimum atomic E-state index is -0.439. The number of rotatable bonds is 3. The van der Waals surface area contributed by atoms with Gasteiger partial charge in [-0.15, -0.1) is 0 Å².